The summed E-state index contributed by atoms with van der Waals surface area (Å²) in [6.45, 7) is 8.90. The average Bonchev–Trinajstić information content (AvgIpc) is 2.79. The van der Waals surface area contributed by atoms with E-state index in [0.717, 1.165) is 36.4 Å². The number of pyridine rings is 1. The lowest BCUT2D eigenvalue weighted by Gasteiger charge is -2.18. The fourth-order valence-electron chi connectivity index (χ4n) is 3.36. The Bertz CT molecular complexity index is 1050. The highest BCUT2D eigenvalue weighted by Crippen LogP contribution is 2.23. The van der Waals surface area contributed by atoms with Gasteiger partial charge in [-0.1, -0.05) is 38.1 Å². The van der Waals surface area contributed by atoms with Gasteiger partial charge in [0.2, 0.25) is 0 Å². The summed E-state index contributed by atoms with van der Waals surface area (Å²) in [6.07, 6.45) is 3.12. The quantitative estimate of drug-likeness (QED) is 0.556. The molecule has 0 unspecified atom stereocenters. The van der Waals surface area contributed by atoms with Crippen molar-refractivity contribution in [1.82, 2.24) is 9.88 Å². The van der Waals surface area contributed by atoms with E-state index < -0.39 is 0 Å². The normalized spacial score (nSPS) is 10.7. The fourth-order valence-corrected chi connectivity index (χ4v) is 3.36. The second-order valence-electron chi connectivity index (χ2n) is 7.30. The molecule has 2 aromatic carbocycles. The second kappa shape index (κ2) is 10.5. The monoisotopic (exact) mass is 416 g/mol. The summed E-state index contributed by atoms with van der Waals surface area (Å²) < 4.78 is 0. The van der Waals surface area contributed by atoms with Gasteiger partial charge in [0.1, 0.15) is 0 Å². The van der Waals surface area contributed by atoms with Crippen molar-refractivity contribution in [2.45, 2.75) is 27.3 Å². The molecule has 0 bridgehead atoms. The number of aryl methyl sites for hydroxylation is 1. The van der Waals surface area contributed by atoms with Crippen LogP contribution in [0.25, 0.3) is 0 Å². The van der Waals surface area contributed by atoms with Crippen LogP contribution in [0.5, 0.6) is 0 Å². The lowest BCUT2D eigenvalue weighted by Crippen LogP contribution is -2.22. The highest BCUT2D eigenvalue weighted by molar-refractivity contribution is 6.13. The van der Waals surface area contributed by atoms with Crippen LogP contribution in [0.1, 0.15) is 45.7 Å². The molecule has 0 fully saturated rings. The first kappa shape index (κ1) is 22.2. The van der Waals surface area contributed by atoms with E-state index in [1.54, 1.807) is 30.6 Å². The molecule has 0 aliphatic rings. The maximum absolute atomic E-state index is 13.1. The van der Waals surface area contributed by atoms with E-state index in [2.05, 4.69) is 40.4 Å². The Hall–Kier alpha value is -3.51. The molecular formula is C25H28N4O2. The molecule has 160 valence electrons. The number of nitrogens with one attached hydrogen (secondary N) is 2. The summed E-state index contributed by atoms with van der Waals surface area (Å²) in [6, 6.07) is 16.5. The van der Waals surface area contributed by atoms with E-state index >= 15 is 0 Å². The summed E-state index contributed by atoms with van der Waals surface area (Å²) in [5.74, 6) is -0.555. The van der Waals surface area contributed by atoms with Crippen LogP contribution >= 0.6 is 0 Å². The molecule has 6 heteroatoms. The van der Waals surface area contributed by atoms with Crippen molar-refractivity contribution in [3.8, 4) is 0 Å². The zero-order valence-electron chi connectivity index (χ0n) is 18.2. The molecule has 3 aromatic rings. The highest BCUT2D eigenvalue weighted by atomic mass is 16.2. The third-order valence-corrected chi connectivity index (χ3v) is 5.18. The summed E-state index contributed by atoms with van der Waals surface area (Å²) in [5, 5.41) is 5.85. The number of aromatic nitrogens is 1. The molecule has 0 aliphatic carbocycles. The number of carbonyl (C=O) groups is 2. The van der Waals surface area contributed by atoms with E-state index in [9.17, 15) is 9.59 Å². The summed E-state index contributed by atoms with van der Waals surface area (Å²) in [7, 11) is 0. The topological polar surface area (TPSA) is 74.3 Å². The predicted molar refractivity (Wildman–Crippen MR) is 124 cm³/mol. The van der Waals surface area contributed by atoms with Gasteiger partial charge in [-0.15, -0.1) is 0 Å². The minimum atomic E-state index is -0.285. The third-order valence-electron chi connectivity index (χ3n) is 5.18. The Labute approximate surface area is 183 Å². The number of amides is 2. The zero-order chi connectivity index (χ0) is 22.2. The molecular weight excluding hydrogens is 388 g/mol. The van der Waals surface area contributed by atoms with E-state index in [1.807, 2.05) is 37.3 Å². The van der Waals surface area contributed by atoms with Gasteiger partial charge < -0.3 is 10.6 Å². The van der Waals surface area contributed by atoms with Crippen molar-refractivity contribution in [2.75, 3.05) is 23.7 Å². The number of hydrogen-bond acceptors (Lipinski definition) is 4. The highest BCUT2D eigenvalue weighted by Gasteiger charge is 2.17. The van der Waals surface area contributed by atoms with Crippen molar-refractivity contribution >= 4 is 23.2 Å². The van der Waals surface area contributed by atoms with Gasteiger partial charge in [-0.3, -0.25) is 19.5 Å². The number of carbonyl (C=O) groups excluding carboxylic acids is 2. The van der Waals surface area contributed by atoms with Gasteiger partial charge in [-0.25, -0.2) is 0 Å². The smallest absolute Gasteiger partial charge is 0.257 e. The number of nitrogens with zero attached hydrogens (tertiary/aromatic N) is 2. The van der Waals surface area contributed by atoms with E-state index in [-0.39, 0.29) is 11.8 Å². The number of hydrogen-bond donors (Lipinski definition) is 2. The lowest BCUT2D eigenvalue weighted by atomic mass is 10.1. The predicted octanol–water partition coefficient (Wildman–Crippen LogP) is 4.74. The van der Waals surface area contributed by atoms with Gasteiger partial charge in [-0.2, -0.15) is 0 Å². The SMILES string of the molecule is CCN(CC)Cc1cccc(NC(=O)c2cccc(C)c2NC(=O)c2ccncc2)c1. The number of rotatable bonds is 8. The van der Waals surface area contributed by atoms with Gasteiger partial charge in [0, 0.05) is 30.2 Å². The third kappa shape index (κ3) is 5.77. The Morgan fingerprint density at radius 3 is 2.32 bits per heavy atom. The number of para-hydroxylation sites is 1. The Morgan fingerprint density at radius 2 is 1.61 bits per heavy atom. The molecule has 0 saturated heterocycles. The van der Waals surface area contributed by atoms with Crippen LogP contribution in [0.4, 0.5) is 11.4 Å². The first-order chi connectivity index (χ1) is 15.0. The number of anilines is 2. The van der Waals surface area contributed by atoms with Gasteiger partial charge in [0.25, 0.3) is 11.8 Å². The molecule has 3 rings (SSSR count). The first-order valence-electron chi connectivity index (χ1n) is 10.5. The number of benzene rings is 2. The first-order valence-corrected chi connectivity index (χ1v) is 10.5. The van der Waals surface area contributed by atoms with Crippen molar-refractivity contribution in [1.29, 1.82) is 0 Å². The van der Waals surface area contributed by atoms with E-state index in [4.69, 9.17) is 0 Å². The molecule has 0 saturated carbocycles. The van der Waals surface area contributed by atoms with Crippen molar-refractivity contribution in [2.24, 2.45) is 0 Å². The fraction of sp³-hybridized carbons (Fsp3) is 0.240. The lowest BCUT2D eigenvalue weighted by molar-refractivity contribution is 0.102. The van der Waals surface area contributed by atoms with E-state index in [1.165, 1.54) is 0 Å². The molecule has 2 amide bonds. The molecule has 6 nitrogen and oxygen atoms in total. The summed E-state index contributed by atoms with van der Waals surface area (Å²) in [5.41, 5.74) is 4.07. The molecule has 31 heavy (non-hydrogen) atoms. The minimum absolute atomic E-state index is 0.270. The molecule has 0 aliphatic heterocycles. The second-order valence-corrected chi connectivity index (χ2v) is 7.30. The maximum atomic E-state index is 13.1. The van der Waals surface area contributed by atoms with Crippen molar-refractivity contribution < 1.29 is 9.59 Å². The molecule has 0 atom stereocenters. The van der Waals surface area contributed by atoms with Gasteiger partial charge in [-0.05, 0) is 61.5 Å². The van der Waals surface area contributed by atoms with Crippen molar-refractivity contribution in [3.05, 3.63) is 89.2 Å². The molecule has 1 heterocycles. The van der Waals surface area contributed by atoms with Crippen LogP contribution in [-0.2, 0) is 6.54 Å². The maximum Gasteiger partial charge on any atom is 0.257 e. The molecule has 1 aromatic heterocycles. The minimum Gasteiger partial charge on any atom is -0.322 e. The average molecular weight is 417 g/mol. The standard InChI is InChI=1S/C25H28N4O2/c1-4-29(5-2)17-19-9-7-10-21(16-19)27-25(31)22-11-6-8-18(3)23(22)28-24(30)20-12-14-26-15-13-20/h6-16H,4-5,17H2,1-3H3,(H,27,31)(H,28,30). The van der Waals surface area contributed by atoms with Gasteiger partial charge >= 0.3 is 0 Å². The van der Waals surface area contributed by atoms with Gasteiger partial charge in [0.15, 0.2) is 0 Å². The Morgan fingerprint density at radius 1 is 0.903 bits per heavy atom. The van der Waals surface area contributed by atoms with Crippen LogP contribution in [0, 0.1) is 6.92 Å². The largest absolute Gasteiger partial charge is 0.322 e. The van der Waals surface area contributed by atoms with E-state index in [0.29, 0.717) is 16.8 Å². The Balaban J connectivity index is 1.80. The van der Waals surface area contributed by atoms with Crippen LogP contribution in [0.2, 0.25) is 0 Å². The van der Waals surface area contributed by atoms with Crippen LogP contribution in [0.3, 0.4) is 0 Å². The molecule has 2 N–H and O–H groups in total. The van der Waals surface area contributed by atoms with Crippen LogP contribution in [0.15, 0.2) is 67.0 Å². The van der Waals surface area contributed by atoms with Crippen molar-refractivity contribution in [3.63, 3.8) is 0 Å². The summed E-state index contributed by atoms with van der Waals surface area (Å²) in [4.78, 5) is 31.9. The van der Waals surface area contributed by atoms with Crippen LogP contribution in [-0.4, -0.2) is 34.8 Å². The van der Waals surface area contributed by atoms with Crippen LogP contribution < -0.4 is 10.6 Å². The summed E-state index contributed by atoms with van der Waals surface area (Å²) >= 11 is 0. The molecule has 0 radical (unpaired) electrons. The zero-order valence-corrected chi connectivity index (χ0v) is 18.2. The van der Waals surface area contributed by atoms with Gasteiger partial charge in [0.05, 0.1) is 11.3 Å². The Kier molecular flexibility index (Phi) is 7.51. The molecule has 0 spiro atoms.